The van der Waals surface area contributed by atoms with Crippen molar-refractivity contribution in [3.05, 3.63) is 36.2 Å². The Balaban J connectivity index is 2.07. The topological polar surface area (TPSA) is 111 Å². The fourth-order valence-corrected chi connectivity index (χ4v) is 1.81. The molecule has 1 heterocycles. The molecule has 3 N–H and O–H groups in total. The van der Waals surface area contributed by atoms with Gasteiger partial charge < -0.3 is 5.32 Å². The van der Waals surface area contributed by atoms with Gasteiger partial charge in [0.05, 0.1) is 11.7 Å². The maximum atomic E-state index is 11.8. The number of amides is 2. The van der Waals surface area contributed by atoms with Crippen molar-refractivity contribution in [3.8, 4) is 6.07 Å². The third kappa shape index (κ3) is 3.70. The Hall–Kier alpha value is -3.14. The number of nitrogens with one attached hydrogen (secondary N) is 3. The molecule has 0 atom stereocenters. The molecule has 22 heavy (non-hydrogen) atoms. The molecule has 0 aliphatic heterocycles. The largest absolute Gasteiger partial charge is 0.360 e. The molecule has 0 aliphatic rings. The van der Waals surface area contributed by atoms with E-state index in [9.17, 15) is 9.59 Å². The van der Waals surface area contributed by atoms with Crippen molar-refractivity contribution in [2.45, 2.75) is 19.8 Å². The molecule has 0 unspecified atom stereocenters. The second kappa shape index (κ2) is 7.04. The van der Waals surface area contributed by atoms with Crippen LogP contribution in [0.2, 0.25) is 0 Å². The predicted molar refractivity (Wildman–Crippen MR) is 81.5 cm³/mol. The molecule has 2 rings (SSSR count). The molecule has 1 aromatic heterocycles. The first-order valence-electron chi connectivity index (χ1n) is 6.78. The van der Waals surface area contributed by atoms with Gasteiger partial charge in [-0.15, -0.1) is 0 Å². The Bertz CT molecular complexity index is 770. The SMILES string of the molecule is CCCC(=O)NC(=O)/C(C#N)=C/Nc1ccc2cn[nH]c2c1. The van der Waals surface area contributed by atoms with Gasteiger partial charge in [-0.2, -0.15) is 10.4 Å². The summed E-state index contributed by atoms with van der Waals surface area (Å²) in [6.45, 7) is 1.83. The van der Waals surface area contributed by atoms with E-state index in [0.29, 0.717) is 12.1 Å². The molecule has 0 saturated carbocycles. The summed E-state index contributed by atoms with van der Waals surface area (Å²) < 4.78 is 0. The van der Waals surface area contributed by atoms with Crippen LogP contribution >= 0.6 is 0 Å². The van der Waals surface area contributed by atoms with Crippen LogP contribution in [0.5, 0.6) is 0 Å². The highest BCUT2D eigenvalue weighted by Gasteiger charge is 2.12. The van der Waals surface area contributed by atoms with Gasteiger partial charge in [0.1, 0.15) is 11.6 Å². The highest BCUT2D eigenvalue weighted by molar-refractivity contribution is 6.06. The molecule has 0 radical (unpaired) electrons. The monoisotopic (exact) mass is 297 g/mol. The van der Waals surface area contributed by atoms with E-state index in [1.807, 2.05) is 13.0 Å². The van der Waals surface area contributed by atoms with Gasteiger partial charge in [0.2, 0.25) is 5.91 Å². The number of carbonyl (C=O) groups is 2. The Morgan fingerprint density at radius 3 is 3.00 bits per heavy atom. The maximum Gasteiger partial charge on any atom is 0.269 e. The number of nitriles is 1. The van der Waals surface area contributed by atoms with Crippen LogP contribution in [-0.2, 0) is 9.59 Å². The summed E-state index contributed by atoms with van der Waals surface area (Å²) in [5.41, 5.74) is 1.35. The van der Waals surface area contributed by atoms with Crippen molar-refractivity contribution in [2.75, 3.05) is 5.32 Å². The van der Waals surface area contributed by atoms with Gasteiger partial charge in [0.15, 0.2) is 0 Å². The minimum Gasteiger partial charge on any atom is -0.360 e. The second-order valence-corrected chi connectivity index (χ2v) is 4.61. The molecule has 7 heteroatoms. The molecule has 112 valence electrons. The molecule has 7 nitrogen and oxygen atoms in total. The fraction of sp³-hybridized carbons (Fsp3) is 0.200. The number of benzene rings is 1. The van der Waals surface area contributed by atoms with Gasteiger partial charge >= 0.3 is 0 Å². The van der Waals surface area contributed by atoms with E-state index in [-0.39, 0.29) is 12.0 Å². The first-order valence-corrected chi connectivity index (χ1v) is 6.78. The van der Waals surface area contributed by atoms with E-state index < -0.39 is 11.8 Å². The standard InChI is InChI=1S/C15H15N5O2/c1-2-3-14(21)19-15(22)11(7-16)8-17-12-5-4-10-9-18-20-13(10)6-12/h4-6,8-9,17H,2-3H2,1H3,(H,18,20)(H,19,21,22)/b11-8+. The van der Waals surface area contributed by atoms with Gasteiger partial charge in [-0.1, -0.05) is 6.92 Å². The number of fused-ring (bicyclic) bond motifs is 1. The van der Waals surface area contributed by atoms with Crippen LogP contribution in [0.25, 0.3) is 10.9 Å². The Morgan fingerprint density at radius 1 is 1.45 bits per heavy atom. The molecular formula is C15H15N5O2. The van der Waals surface area contributed by atoms with Gasteiger partial charge in [-0.3, -0.25) is 20.0 Å². The van der Waals surface area contributed by atoms with Crippen LogP contribution in [0.1, 0.15) is 19.8 Å². The highest BCUT2D eigenvalue weighted by Crippen LogP contribution is 2.16. The van der Waals surface area contributed by atoms with Crippen LogP contribution < -0.4 is 10.6 Å². The van der Waals surface area contributed by atoms with Crippen molar-refractivity contribution in [2.24, 2.45) is 0 Å². The molecule has 2 aromatic rings. The number of hydrogen-bond donors (Lipinski definition) is 3. The number of carbonyl (C=O) groups excluding carboxylic acids is 2. The zero-order valence-corrected chi connectivity index (χ0v) is 12.0. The second-order valence-electron chi connectivity index (χ2n) is 4.61. The van der Waals surface area contributed by atoms with Crippen LogP contribution in [0.15, 0.2) is 36.2 Å². The smallest absolute Gasteiger partial charge is 0.269 e. The highest BCUT2D eigenvalue weighted by atomic mass is 16.2. The molecule has 0 aliphatic carbocycles. The molecule has 0 spiro atoms. The van der Waals surface area contributed by atoms with Crippen molar-refractivity contribution < 1.29 is 9.59 Å². The number of aromatic amines is 1. The molecule has 1 aromatic carbocycles. The summed E-state index contributed by atoms with van der Waals surface area (Å²) in [6.07, 6.45) is 3.84. The van der Waals surface area contributed by atoms with Crippen LogP contribution in [0.3, 0.4) is 0 Å². The van der Waals surface area contributed by atoms with Crippen LogP contribution in [0.4, 0.5) is 5.69 Å². The van der Waals surface area contributed by atoms with Crippen molar-refractivity contribution in [1.29, 1.82) is 5.26 Å². The predicted octanol–water partition coefficient (Wildman–Crippen LogP) is 1.83. The number of hydrogen-bond acceptors (Lipinski definition) is 5. The molecule has 0 fully saturated rings. The van der Waals surface area contributed by atoms with Gasteiger partial charge in [0, 0.05) is 23.7 Å². The summed E-state index contributed by atoms with van der Waals surface area (Å²) in [4.78, 5) is 23.1. The fourth-order valence-electron chi connectivity index (χ4n) is 1.81. The van der Waals surface area contributed by atoms with E-state index >= 15 is 0 Å². The van der Waals surface area contributed by atoms with Crippen LogP contribution in [-0.4, -0.2) is 22.0 Å². The summed E-state index contributed by atoms with van der Waals surface area (Å²) in [6, 6.07) is 7.21. The molecule has 2 amide bonds. The van der Waals surface area contributed by atoms with Crippen molar-refractivity contribution in [3.63, 3.8) is 0 Å². The average Bonchev–Trinajstić information content (AvgIpc) is 2.95. The molecular weight excluding hydrogens is 282 g/mol. The summed E-state index contributed by atoms with van der Waals surface area (Å²) in [5, 5.41) is 21.7. The lowest BCUT2D eigenvalue weighted by molar-refractivity contribution is -0.128. The summed E-state index contributed by atoms with van der Waals surface area (Å²) in [7, 11) is 0. The zero-order valence-electron chi connectivity index (χ0n) is 12.0. The van der Waals surface area contributed by atoms with Crippen LogP contribution in [0, 0.1) is 11.3 Å². The van der Waals surface area contributed by atoms with Gasteiger partial charge in [-0.25, -0.2) is 0 Å². The normalized spacial score (nSPS) is 11.0. The molecule has 0 bridgehead atoms. The number of anilines is 1. The number of rotatable bonds is 5. The van der Waals surface area contributed by atoms with Gasteiger partial charge in [-0.05, 0) is 24.6 Å². The summed E-state index contributed by atoms with van der Waals surface area (Å²) >= 11 is 0. The quantitative estimate of drug-likeness (QED) is 0.576. The van der Waals surface area contributed by atoms with E-state index in [1.165, 1.54) is 6.20 Å². The van der Waals surface area contributed by atoms with E-state index in [1.54, 1.807) is 24.4 Å². The Labute approximate surface area is 127 Å². The van der Waals surface area contributed by atoms with Crippen molar-refractivity contribution in [1.82, 2.24) is 15.5 Å². The minimum atomic E-state index is -0.712. The average molecular weight is 297 g/mol. The third-order valence-corrected chi connectivity index (χ3v) is 2.92. The first kappa shape index (κ1) is 15.3. The number of aromatic nitrogens is 2. The Kier molecular flexibility index (Phi) is 4.88. The lowest BCUT2D eigenvalue weighted by Gasteiger charge is -2.04. The van der Waals surface area contributed by atoms with E-state index in [0.717, 1.165) is 10.9 Å². The number of imide groups is 1. The first-order chi connectivity index (χ1) is 10.6. The minimum absolute atomic E-state index is 0.172. The van der Waals surface area contributed by atoms with Crippen molar-refractivity contribution >= 4 is 28.4 Å². The molecule has 0 saturated heterocycles. The number of H-pyrrole nitrogens is 1. The van der Waals surface area contributed by atoms with E-state index in [2.05, 4.69) is 20.8 Å². The van der Waals surface area contributed by atoms with E-state index in [4.69, 9.17) is 5.26 Å². The maximum absolute atomic E-state index is 11.8. The lowest BCUT2D eigenvalue weighted by atomic mass is 10.2. The zero-order chi connectivity index (χ0) is 15.9. The lowest BCUT2D eigenvalue weighted by Crippen LogP contribution is -2.31. The van der Waals surface area contributed by atoms with Gasteiger partial charge in [0.25, 0.3) is 5.91 Å². The summed E-state index contributed by atoms with van der Waals surface area (Å²) in [5.74, 6) is -1.11. The Morgan fingerprint density at radius 2 is 2.27 bits per heavy atom. The number of nitrogens with zero attached hydrogens (tertiary/aromatic N) is 2. The third-order valence-electron chi connectivity index (χ3n) is 2.92.